The molecule has 0 aliphatic carbocycles. The standard InChI is InChI=1S/C14H16N2/c1-9-3-5-11-7-8-12-6-4-10(2)16-14(12)13(11)15-9/h3,5,7-8,10,16H,4,6H2,1-2H3. The molecule has 0 saturated carbocycles. The molecule has 1 unspecified atom stereocenters. The number of benzene rings is 1. The zero-order valence-electron chi connectivity index (χ0n) is 9.75. The molecule has 0 spiro atoms. The fourth-order valence-corrected chi connectivity index (χ4v) is 2.39. The summed E-state index contributed by atoms with van der Waals surface area (Å²) in [7, 11) is 0. The molecule has 1 aliphatic rings. The van der Waals surface area contributed by atoms with Crippen LogP contribution in [-0.2, 0) is 6.42 Å². The van der Waals surface area contributed by atoms with Gasteiger partial charge in [-0.1, -0.05) is 18.2 Å². The topological polar surface area (TPSA) is 24.9 Å². The monoisotopic (exact) mass is 212 g/mol. The maximum atomic E-state index is 4.66. The number of nitrogens with zero attached hydrogens (tertiary/aromatic N) is 1. The smallest absolute Gasteiger partial charge is 0.0939 e. The van der Waals surface area contributed by atoms with Crippen LogP contribution in [0.3, 0.4) is 0 Å². The van der Waals surface area contributed by atoms with E-state index in [0.717, 1.165) is 17.6 Å². The first-order valence-corrected chi connectivity index (χ1v) is 5.90. The molecule has 1 aromatic carbocycles. The highest BCUT2D eigenvalue weighted by molar-refractivity contribution is 5.92. The van der Waals surface area contributed by atoms with Crippen LogP contribution in [0.4, 0.5) is 5.69 Å². The third-order valence-corrected chi connectivity index (χ3v) is 3.33. The van der Waals surface area contributed by atoms with Crippen molar-refractivity contribution in [3.63, 3.8) is 0 Å². The lowest BCUT2D eigenvalue weighted by Gasteiger charge is -2.25. The van der Waals surface area contributed by atoms with E-state index in [1.807, 2.05) is 6.92 Å². The molecule has 2 aromatic rings. The van der Waals surface area contributed by atoms with Crippen LogP contribution in [0.15, 0.2) is 24.3 Å². The first kappa shape index (κ1) is 9.64. The number of fused-ring (bicyclic) bond motifs is 3. The van der Waals surface area contributed by atoms with Crippen molar-refractivity contribution in [2.45, 2.75) is 32.7 Å². The van der Waals surface area contributed by atoms with Crippen molar-refractivity contribution >= 4 is 16.6 Å². The Hall–Kier alpha value is -1.57. The molecule has 2 heteroatoms. The van der Waals surface area contributed by atoms with Crippen LogP contribution >= 0.6 is 0 Å². The van der Waals surface area contributed by atoms with Gasteiger partial charge in [0.05, 0.1) is 11.2 Å². The van der Waals surface area contributed by atoms with Gasteiger partial charge in [0, 0.05) is 17.1 Å². The van der Waals surface area contributed by atoms with Gasteiger partial charge in [0.2, 0.25) is 0 Å². The summed E-state index contributed by atoms with van der Waals surface area (Å²) in [6, 6.07) is 9.19. The van der Waals surface area contributed by atoms with Gasteiger partial charge in [-0.25, -0.2) is 0 Å². The predicted molar refractivity (Wildman–Crippen MR) is 67.9 cm³/mol. The number of nitrogens with one attached hydrogen (secondary N) is 1. The zero-order chi connectivity index (χ0) is 11.1. The normalized spacial score (nSPS) is 19.2. The maximum absolute atomic E-state index is 4.66. The Morgan fingerprint density at radius 2 is 2.06 bits per heavy atom. The molecule has 2 nitrogen and oxygen atoms in total. The van der Waals surface area contributed by atoms with Gasteiger partial charge < -0.3 is 5.32 Å². The summed E-state index contributed by atoms with van der Waals surface area (Å²) in [5.74, 6) is 0. The Kier molecular flexibility index (Phi) is 2.10. The Morgan fingerprint density at radius 1 is 1.25 bits per heavy atom. The summed E-state index contributed by atoms with van der Waals surface area (Å²) in [5.41, 5.74) is 4.87. The first-order valence-electron chi connectivity index (χ1n) is 5.90. The van der Waals surface area contributed by atoms with Gasteiger partial charge in [0.25, 0.3) is 0 Å². The largest absolute Gasteiger partial charge is 0.381 e. The van der Waals surface area contributed by atoms with Gasteiger partial charge >= 0.3 is 0 Å². The molecule has 3 rings (SSSR count). The van der Waals surface area contributed by atoms with Crippen molar-refractivity contribution in [3.05, 3.63) is 35.5 Å². The second kappa shape index (κ2) is 3.48. The minimum atomic E-state index is 0.556. The van der Waals surface area contributed by atoms with E-state index >= 15 is 0 Å². The summed E-state index contributed by atoms with van der Waals surface area (Å²) >= 11 is 0. The van der Waals surface area contributed by atoms with Gasteiger partial charge in [-0.15, -0.1) is 0 Å². The van der Waals surface area contributed by atoms with E-state index in [4.69, 9.17) is 0 Å². The number of hydrogen-bond acceptors (Lipinski definition) is 2. The van der Waals surface area contributed by atoms with Gasteiger partial charge in [-0.3, -0.25) is 4.98 Å². The van der Waals surface area contributed by atoms with E-state index < -0.39 is 0 Å². The van der Waals surface area contributed by atoms with E-state index in [1.165, 1.54) is 23.1 Å². The zero-order valence-corrected chi connectivity index (χ0v) is 9.75. The summed E-state index contributed by atoms with van der Waals surface area (Å²) in [6.45, 7) is 4.28. The van der Waals surface area contributed by atoms with Crippen LogP contribution in [0, 0.1) is 6.92 Å². The van der Waals surface area contributed by atoms with E-state index in [2.05, 4.69) is 41.5 Å². The Bertz CT molecular complexity index is 546. The highest BCUT2D eigenvalue weighted by Crippen LogP contribution is 2.31. The van der Waals surface area contributed by atoms with Crippen molar-refractivity contribution in [2.24, 2.45) is 0 Å². The fourth-order valence-electron chi connectivity index (χ4n) is 2.39. The summed E-state index contributed by atoms with van der Waals surface area (Å²) in [5, 5.41) is 4.80. The van der Waals surface area contributed by atoms with Crippen molar-refractivity contribution < 1.29 is 0 Å². The molecular weight excluding hydrogens is 196 g/mol. The van der Waals surface area contributed by atoms with Crippen molar-refractivity contribution in [1.29, 1.82) is 0 Å². The number of aromatic nitrogens is 1. The minimum Gasteiger partial charge on any atom is -0.381 e. The molecule has 0 radical (unpaired) electrons. The summed E-state index contributed by atoms with van der Waals surface area (Å²) in [6.07, 6.45) is 2.37. The molecule has 0 bridgehead atoms. The average Bonchev–Trinajstić information content (AvgIpc) is 2.29. The molecule has 1 aliphatic heterocycles. The molecular formula is C14H16N2. The van der Waals surface area contributed by atoms with E-state index in [9.17, 15) is 0 Å². The number of hydrogen-bond donors (Lipinski definition) is 1. The molecule has 16 heavy (non-hydrogen) atoms. The molecule has 1 aromatic heterocycles. The maximum Gasteiger partial charge on any atom is 0.0939 e. The van der Waals surface area contributed by atoms with Crippen LogP contribution in [0.1, 0.15) is 24.6 Å². The molecule has 0 fully saturated rings. The number of pyridine rings is 1. The van der Waals surface area contributed by atoms with E-state index in [-0.39, 0.29) is 0 Å². The van der Waals surface area contributed by atoms with Crippen molar-refractivity contribution in [2.75, 3.05) is 5.32 Å². The van der Waals surface area contributed by atoms with Crippen LogP contribution in [0.2, 0.25) is 0 Å². The number of aryl methyl sites for hydroxylation is 2. The van der Waals surface area contributed by atoms with Crippen LogP contribution in [0.5, 0.6) is 0 Å². The quantitative estimate of drug-likeness (QED) is 0.724. The Balaban J connectivity index is 2.28. The van der Waals surface area contributed by atoms with Crippen LogP contribution < -0.4 is 5.32 Å². The second-order valence-electron chi connectivity index (χ2n) is 4.71. The molecule has 82 valence electrons. The van der Waals surface area contributed by atoms with Gasteiger partial charge in [-0.05, 0) is 38.3 Å². The summed E-state index contributed by atoms with van der Waals surface area (Å²) in [4.78, 5) is 4.66. The molecule has 1 N–H and O–H groups in total. The van der Waals surface area contributed by atoms with E-state index in [0.29, 0.717) is 6.04 Å². The van der Waals surface area contributed by atoms with Gasteiger partial charge in [-0.2, -0.15) is 0 Å². The van der Waals surface area contributed by atoms with Gasteiger partial charge in [0.15, 0.2) is 0 Å². The van der Waals surface area contributed by atoms with Gasteiger partial charge in [0.1, 0.15) is 0 Å². The number of rotatable bonds is 0. The van der Waals surface area contributed by atoms with Crippen molar-refractivity contribution in [3.8, 4) is 0 Å². The Morgan fingerprint density at radius 3 is 2.94 bits per heavy atom. The molecule has 0 amide bonds. The SMILES string of the molecule is Cc1ccc2ccc3c(c2n1)NC(C)CC3. The third kappa shape index (κ3) is 1.45. The second-order valence-corrected chi connectivity index (χ2v) is 4.71. The highest BCUT2D eigenvalue weighted by Gasteiger charge is 2.16. The highest BCUT2D eigenvalue weighted by atomic mass is 14.9. The lowest BCUT2D eigenvalue weighted by molar-refractivity contribution is 0.682. The molecule has 1 atom stereocenters. The fraction of sp³-hybridized carbons (Fsp3) is 0.357. The first-order chi connectivity index (χ1) is 7.74. The summed E-state index contributed by atoms with van der Waals surface area (Å²) < 4.78 is 0. The third-order valence-electron chi connectivity index (χ3n) is 3.33. The predicted octanol–water partition coefficient (Wildman–Crippen LogP) is 3.29. The molecule has 2 heterocycles. The Labute approximate surface area is 95.7 Å². The molecule has 0 saturated heterocycles. The lowest BCUT2D eigenvalue weighted by Crippen LogP contribution is -2.22. The minimum absolute atomic E-state index is 0.556. The van der Waals surface area contributed by atoms with Crippen LogP contribution in [0.25, 0.3) is 10.9 Å². The average molecular weight is 212 g/mol. The number of anilines is 1. The van der Waals surface area contributed by atoms with E-state index in [1.54, 1.807) is 0 Å². The lowest BCUT2D eigenvalue weighted by atomic mass is 9.97. The van der Waals surface area contributed by atoms with Crippen LogP contribution in [-0.4, -0.2) is 11.0 Å². The van der Waals surface area contributed by atoms with Crippen molar-refractivity contribution in [1.82, 2.24) is 4.98 Å².